The molecule has 0 radical (unpaired) electrons. The van der Waals surface area contributed by atoms with Crippen LogP contribution < -0.4 is 14.8 Å². The molecule has 1 atom stereocenters. The van der Waals surface area contributed by atoms with Crippen LogP contribution in [0.1, 0.15) is 0 Å². The molecule has 0 fully saturated rings. The monoisotopic (exact) mass is 446 g/mol. The van der Waals surface area contributed by atoms with E-state index >= 15 is 0 Å². The van der Waals surface area contributed by atoms with Crippen LogP contribution in [0.15, 0.2) is 78.9 Å². The van der Waals surface area contributed by atoms with Crippen molar-refractivity contribution in [3.63, 3.8) is 0 Å². The molecule has 7 heteroatoms. The van der Waals surface area contributed by atoms with E-state index in [1.807, 2.05) is 30.3 Å². The minimum atomic E-state index is 0. The molecule has 0 aliphatic rings. The summed E-state index contributed by atoms with van der Waals surface area (Å²) in [4.78, 5) is 0. The summed E-state index contributed by atoms with van der Waals surface area (Å²) in [6.45, 7) is 0. The van der Waals surface area contributed by atoms with Crippen molar-refractivity contribution in [3.8, 4) is 23.0 Å². The summed E-state index contributed by atoms with van der Waals surface area (Å²) in [6, 6.07) is 23.3. The Bertz CT molecular complexity index is 665. The third-order valence-corrected chi connectivity index (χ3v) is 3.33. The summed E-state index contributed by atoms with van der Waals surface area (Å²) in [5.41, 5.74) is 0. The summed E-state index contributed by atoms with van der Waals surface area (Å²) in [7, 11) is 5.81. The van der Waals surface area contributed by atoms with Gasteiger partial charge in [0.05, 0.1) is 14.2 Å². The maximum absolute atomic E-state index is 8.80. The minimum Gasteiger partial charge on any atom is -0.508 e. The second kappa shape index (κ2) is 16.3. The topological polar surface area (TPSA) is 58.9 Å². The molecule has 0 amide bonds. The maximum atomic E-state index is 8.80. The minimum absolute atomic E-state index is 0. The van der Waals surface area contributed by atoms with Crippen LogP contribution in [0.3, 0.4) is 0 Å². The number of halogens is 1. The van der Waals surface area contributed by atoms with Gasteiger partial charge in [-0.25, -0.2) is 0 Å². The molecule has 0 spiro atoms. The van der Waals surface area contributed by atoms with Gasteiger partial charge in [0.2, 0.25) is 0 Å². The number of ether oxygens (including phenoxy) is 2. The van der Waals surface area contributed by atoms with Gasteiger partial charge in [-0.15, -0.1) is 21.6 Å². The zero-order valence-corrected chi connectivity index (χ0v) is 18.4. The third kappa shape index (κ3) is 13.0. The largest absolute Gasteiger partial charge is 0.508 e. The standard InChI is InChI=1S/2C7H8O2.C6H7P.ClH.Cr/c2*1-9-7-4-2-6(8)3-5-7;7-6-4-2-1-3-5-6;;/h2*2-5,8H,1H3;1-5H,7H2;1H;. The Morgan fingerprint density at radius 1 is 0.630 bits per heavy atom. The second-order valence-electron chi connectivity index (χ2n) is 4.81. The molecule has 0 heterocycles. The molecule has 1 unspecified atom stereocenters. The van der Waals surface area contributed by atoms with E-state index in [9.17, 15) is 0 Å². The fraction of sp³-hybridized carbons (Fsp3) is 0.100. The van der Waals surface area contributed by atoms with E-state index in [2.05, 4.69) is 9.24 Å². The molecule has 0 bridgehead atoms. The normalized spacial score (nSPS) is 8.26. The number of hydrogen-bond acceptors (Lipinski definition) is 4. The average Bonchev–Trinajstić information content (AvgIpc) is 2.65. The van der Waals surface area contributed by atoms with Crippen molar-refractivity contribution in [2.24, 2.45) is 0 Å². The maximum Gasteiger partial charge on any atom is 0.119 e. The Balaban J connectivity index is 0. The number of phenolic OH excluding ortho intramolecular Hbond substituents is 2. The summed E-state index contributed by atoms with van der Waals surface area (Å²) in [5.74, 6) is 2.03. The van der Waals surface area contributed by atoms with Crippen LogP contribution in [-0.4, -0.2) is 24.4 Å². The van der Waals surface area contributed by atoms with E-state index in [0.717, 1.165) is 11.5 Å². The molecule has 3 aromatic carbocycles. The number of phenols is 2. The van der Waals surface area contributed by atoms with Crippen molar-refractivity contribution in [2.75, 3.05) is 14.2 Å². The first-order chi connectivity index (χ1) is 12.0. The van der Waals surface area contributed by atoms with E-state index in [1.54, 1.807) is 62.8 Å². The van der Waals surface area contributed by atoms with Crippen LogP contribution >= 0.6 is 21.6 Å². The number of aromatic hydroxyl groups is 2. The van der Waals surface area contributed by atoms with Crippen LogP contribution in [0.4, 0.5) is 0 Å². The number of hydrogen-bond donors (Lipinski definition) is 2. The Kier molecular flexibility index (Phi) is 16.5. The van der Waals surface area contributed by atoms with E-state index < -0.39 is 0 Å². The van der Waals surface area contributed by atoms with Crippen molar-refractivity contribution in [2.45, 2.75) is 0 Å². The van der Waals surface area contributed by atoms with Crippen LogP contribution in [0, 0.1) is 0 Å². The van der Waals surface area contributed by atoms with Crippen LogP contribution in [0.25, 0.3) is 0 Å². The summed E-state index contributed by atoms with van der Waals surface area (Å²) < 4.78 is 9.72. The fourth-order valence-electron chi connectivity index (χ4n) is 1.62. The number of benzene rings is 3. The van der Waals surface area contributed by atoms with Gasteiger partial charge in [-0.05, 0) is 53.8 Å². The molecule has 0 aromatic heterocycles. The molecule has 3 rings (SSSR count). The molecule has 27 heavy (non-hydrogen) atoms. The van der Waals surface area contributed by atoms with Gasteiger partial charge < -0.3 is 19.7 Å². The first kappa shape index (κ1) is 27.3. The van der Waals surface area contributed by atoms with Crippen LogP contribution in [-0.2, 0) is 17.4 Å². The van der Waals surface area contributed by atoms with Crippen molar-refractivity contribution in [1.29, 1.82) is 0 Å². The van der Waals surface area contributed by atoms with E-state index in [1.165, 1.54) is 5.30 Å². The fourth-order valence-corrected chi connectivity index (χ4v) is 1.84. The van der Waals surface area contributed by atoms with Gasteiger partial charge in [0.25, 0.3) is 0 Å². The molecule has 0 saturated heterocycles. The van der Waals surface area contributed by atoms with Gasteiger partial charge in [-0.3, -0.25) is 0 Å². The Morgan fingerprint density at radius 2 is 0.963 bits per heavy atom. The van der Waals surface area contributed by atoms with E-state index in [-0.39, 0.29) is 41.3 Å². The zero-order valence-electron chi connectivity index (χ0n) is 15.1. The summed E-state index contributed by atoms with van der Waals surface area (Å²) in [6.07, 6.45) is 0. The van der Waals surface area contributed by atoms with Crippen molar-refractivity contribution < 1.29 is 37.0 Å². The average molecular weight is 447 g/mol. The smallest absolute Gasteiger partial charge is 0.119 e. The SMILES string of the molecule is COc1ccc(O)cc1.COc1ccc(O)cc1.Cl.Pc1ccccc1.[Cr]. The predicted octanol–water partition coefficient (Wildman–Crippen LogP) is 4.41. The van der Waals surface area contributed by atoms with Gasteiger partial charge >= 0.3 is 0 Å². The van der Waals surface area contributed by atoms with Crippen molar-refractivity contribution in [1.82, 2.24) is 0 Å². The van der Waals surface area contributed by atoms with Crippen LogP contribution in [0.5, 0.6) is 23.0 Å². The first-order valence-corrected chi connectivity index (χ1v) is 8.09. The van der Waals surface area contributed by atoms with Gasteiger partial charge in [0.1, 0.15) is 23.0 Å². The third-order valence-electron chi connectivity index (χ3n) is 2.94. The quantitative estimate of drug-likeness (QED) is 0.573. The molecule has 0 aliphatic carbocycles. The van der Waals surface area contributed by atoms with Crippen molar-refractivity contribution >= 4 is 27.0 Å². The molecule has 0 saturated carbocycles. The Hall–Kier alpha value is -1.89. The molecule has 3 aromatic rings. The molecule has 146 valence electrons. The molecule has 0 aliphatic heterocycles. The second-order valence-corrected chi connectivity index (χ2v) is 5.47. The van der Waals surface area contributed by atoms with Gasteiger partial charge in [0.15, 0.2) is 0 Å². The Morgan fingerprint density at radius 3 is 1.19 bits per heavy atom. The van der Waals surface area contributed by atoms with Gasteiger partial charge in [0, 0.05) is 17.4 Å². The van der Waals surface area contributed by atoms with Crippen LogP contribution in [0.2, 0.25) is 0 Å². The van der Waals surface area contributed by atoms with E-state index in [0.29, 0.717) is 0 Å². The van der Waals surface area contributed by atoms with Gasteiger partial charge in [-0.1, -0.05) is 30.3 Å². The van der Waals surface area contributed by atoms with E-state index in [4.69, 9.17) is 19.7 Å². The number of methoxy groups -OCH3 is 2. The van der Waals surface area contributed by atoms with Gasteiger partial charge in [-0.2, -0.15) is 0 Å². The zero-order chi connectivity index (χ0) is 18.5. The molecule has 2 N–H and O–H groups in total. The Labute approximate surface area is 179 Å². The number of rotatable bonds is 2. The summed E-state index contributed by atoms with van der Waals surface area (Å²) in [5, 5.41) is 18.8. The molecule has 4 nitrogen and oxygen atoms in total. The summed E-state index contributed by atoms with van der Waals surface area (Å²) >= 11 is 0. The first-order valence-electron chi connectivity index (χ1n) is 7.51. The molecular weight excluding hydrogens is 423 g/mol. The predicted molar refractivity (Wildman–Crippen MR) is 112 cm³/mol. The molecular formula is C20H24ClCrO4P. The van der Waals surface area contributed by atoms with Crippen molar-refractivity contribution in [3.05, 3.63) is 78.9 Å².